The summed E-state index contributed by atoms with van der Waals surface area (Å²) in [5, 5.41) is 0.521. The van der Waals surface area contributed by atoms with Gasteiger partial charge in [-0.25, -0.2) is 0 Å². The summed E-state index contributed by atoms with van der Waals surface area (Å²) in [6, 6.07) is 5.21. The number of hydrogen-bond donors (Lipinski definition) is 1. The van der Waals surface area contributed by atoms with Gasteiger partial charge in [-0.15, -0.1) is 0 Å². The second-order valence-corrected chi connectivity index (χ2v) is 6.43. The minimum absolute atomic E-state index is 0.0507. The summed E-state index contributed by atoms with van der Waals surface area (Å²) in [5.74, 6) is 0.828. The van der Waals surface area contributed by atoms with Crippen LogP contribution in [0.15, 0.2) is 18.2 Å². The van der Waals surface area contributed by atoms with Crippen LogP contribution in [0, 0.1) is 5.92 Å². The van der Waals surface area contributed by atoms with Gasteiger partial charge >= 0.3 is 0 Å². The number of likely N-dealkylation sites (tertiary alicyclic amines) is 1. The van der Waals surface area contributed by atoms with Gasteiger partial charge in [-0.1, -0.05) is 11.6 Å². The highest BCUT2D eigenvalue weighted by Crippen LogP contribution is 2.27. The topological polar surface area (TPSA) is 64.8 Å². The molecule has 0 spiro atoms. The van der Waals surface area contributed by atoms with E-state index >= 15 is 0 Å². The van der Waals surface area contributed by atoms with E-state index in [1.54, 1.807) is 25.3 Å². The first-order chi connectivity index (χ1) is 11.0. The van der Waals surface area contributed by atoms with E-state index in [9.17, 15) is 4.79 Å². The van der Waals surface area contributed by atoms with E-state index < -0.39 is 0 Å². The highest BCUT2D eigenvalue weighted by Gasteiger charge is 2.28. The van der Waals surface area contributed by atoms with Gasteiger partial charge in [-0.3, -0.25) is 4.79 Å². The molecule has 2 N–H and O–H groups in total. The van der Waals surface area contributed by atoms with Gasteiger partial charge in [0.1, 0.15) is 12.4 Å². The van der Waals surface area contributed by atoms with Crippen LogP contribution in [0.4, 0.5) is 0 Å². The van der Waals surface area contributed by atoms with Crippen molar-refractivity contribution in [3.8, 4) is 5.75 Å². The van der Waals surface area contributed by atoms with E-state index in [1.807, 2.05) is 11.8 Å². The number of hydrogen-bond acceptors (Lipinski definition) is 4. The molecule has 1 aliphatic rings. The van der Waals surface area contributed by atoms with E-state index in [1.165, 1.54) is 0 Å². The van der Waals surface area contributed by atoms with Crippen LogP contribution in [0.2, 0.25) is 5.02 Å². The third kappa shape index (κ3) is 4.83. The molecule has 23 heavy (non-hydrogen) atoms. The molecular weight excluding hydrogens is 316 g/mol. The van der Waals surface area contributed by atoms with Gasteiger partial charge in [0.15, 0.2) is 0 Å². The van der Waals surface area contributed by atoms with Crippen molar-refractivity contribution in [2.45, 2.75) is 25.8 Å². The van der Waals surface area contributed by atoms with E-state index in [4.69, 9.17) is 26.8 Å². The van der Waals surface area contributed by atoms with Crippen molar-refractivity contribution in [2.75, 3.05) is 33.4 Å². The number of methoxy groups -OCH3 is 1. The minimum Gasteiger partial charge on any atom is -0.490 e. The van der Waals surface area contributed by atoms with Crippen LogP contribution in [-0.2, 0) is 4.74 Å². The zero-order valence-electron chi connectivity index (χ0n) is 13.8. The maximum atomic E-state index is 12.9. The Bertz CT molecular complexity index is 537. The van der Waals surface area contributed by atoms with Gasteiger partial charge in [0, 0.05) is 31.3 Å². The molecule has 1 heterocycles. The number of nitrogens with zero attached hydrogens (tertiary/aromatic N) is 1. The average Bonchev–Trinajstić information content (AvgIpc) is 2.55. The zero-order valence-corrected chi connectivity index (χ0v) is 14.5. The quantitative estimate of drug-likeness (QED) is 0.808. The van der Waals surface area contributed by atoms with Crippen molar-refractivity contribution in [2.24, 2.45) is 11.7 Å². The molecule has 1 aromatic carbocycles. The number of halogens is 1. The lowest BCUT2D eigenvalue weighted by molar-refractivity contribution is 0.0654. The van der Waals surface area contributed by atoms with Crippen molar-refractivity contribution in [1.82, 2.24) is 4.90 Å². The number of rotatable bonds is 6. The number of amides is 1. The lowest BCUT2D eigenvalue weighted by Crippen LogP contribution is -2.45. The highest BCUT2D eigenvalue weighted by atomic mass is 35.5. The fourth-order valence-electron chi connectivity index (χ4n) is 2.82. The Morgan fingerprint density at radius 1 is 1.48 bits per heavy atom. The molecule has 0 unspecified atom stereocenters. The van der Waals surface area contributed by atoms with Gasteiger partial charge in [-0.05, 0) is 43.9 Å². The zero-order chi connectivity index (χ0) is 16.8. The smallest absolute Gasteiger partial charge is 0.257 e. The summed E-state index contributed by atoms with van der Waals surface area (Å²) < 4.78 is 10.6. The number of piperidine rings is 1. The van der Waals surface area contributed by atoms with Gasteiger partial charge in [0.25, 0.3) is 5.91 Å². The first-order valence-electron chi connectivity index (χ1n) is 7.99. The molecule has 0 aliphatic carbocycles. The van der Waals surface area contributed by atoms with Crippen LogP contribution in [0.1, 0.15) is 30.1 Å². The Labute approximate surface area is 142 Å². The average molecular weight is 341 g/mol. The third-order valence-corrected chi connectivity index (χ3v) is 4.44. The Balaban J connectivity index is 2.15. The molecule has 2 rings (SSSR count). The summed E-state index contributed by atoms with van der Waals surface area (Å²) in [6.07, 6.45) is 2.03. The largest absolute Gasteiger partial charge is 0.490 e. The fraction of sp³-hybridized carbons (Fsp3) is 0.588. The molecule has 1 saturated heterocycles. The molecule has 128 valence electrons. The Kier molecular flexibility index (Phi) is 6.69. The summed E-state index contributed by atoms with van der Waals surface area (Å²) in [4.78, 5) is 14.7. The molecule has 0 aromatic heterocycles. The number of benzene rings is 1. The minimum atomic E-state index is -0.0507. The monoisotopic (exact) mass is 340 g/mol. The highest BCUT2D eigenvalue weighted by molar-refractivity contribution is 6.31. The summed E-state index contributed by atoms with van der Waals surface area (Å²) in [6.45, 7) is 4.28. The van der Waals surface area contributed by atoms with Crippen LogP contribution in [0.3, 0.4) is 0 Å². The molecule has 0 saturated carbocycles. The first kappa shape index (κ1) is 18.0. The Morgan fingerprint density at radius 2 is 2.26 bits per heavy atom. The summed E-state index contributed by atoms with van der Waals surface area (Å²) >= 11 is 6.07. The van der Waals surface area contributed by atoms with Crippen molar-refractivity contribution in [3.05, 3.63) is 28.8 Å². The molecule has 2 atom stereocenters. The maximum Gasteiger partial charge on any atom is 0.257 e. The van der Waals surface area contributed by atoms with E-state index in [2.05, 4.69) is 0 Å². The van der Waals surface area contributed by atoms with E-state index in [-0.39, 0.29) is 11.9 Å². The lowest BCUT2D eigenvalue weighted by Gasteiger charge is -2.35. The second-order valence-electron chi connectivity index (χ2n) is 5.99. The summed E-state index contributed by atoms with van der Waals surface area (Å²) in [5.41, 5.74) is 6.50. The second kappa shape index (κ2) is 8.52. The fourth-order valence-corrected chi connectivity index (χ4v) is 3.00. The Hall–Kier alpha value is -1.30. The summed E-state index contributed by atoms with van der Waals surface area (Å²) in [7, 11) is 1.61. The molecule has 1 aliphatic heterocycles. The number of ether oxygens (including phenoxy) is 2. The van der Waals surface area contributed by atoms with Crippen LogP contribution in [0.5, 0.6) is 5.75 Å². The number of nitrogens with two attached hydrogens (primary N) is 1. The molecule has 6 heteroatoms. The lowest BCUT2D eigenvalue weighted by atomic mass is 9.92. The van der Waals surface area contributed by atoms with Gasteiger partial charge in [-0.2, -0.15) is 0 Å². The van der Waals surface area contributed by atoms with Gasteiger partial charge < -0.3 is 20.1 Å². The van der Waals surface area contributed by atoms with Gasteiger partial charge in [0.2, 0.25) is 0 Å². The van der Waals surface area contributed by atoms with Crippen molar-refractivity contribution in [1.29, 1.82) is 0 Å². The number of carbonyl (C=O) groups excluding carboxylic acids is 1. The predicted octanol–water partition coefficient (Wildman–Crippen LogP) is 2.56. The van der Waals surface area contributed by atoms with Crippen molar-refractivity contribution >= 4 is 17.5 Å². The molecule has 1 fully saturated rings. The van der Waals surface area contributed by atoms with Crippen LogP contribution in [-0.4, -0.2) is 50.3 Å². The Morgan fingerprint density at radius 3 is 2.96 bits per heavy atom. The molecule has 0 bridgehead atoms. The molecular formula is C17H25ClN2O3. The van der Waals surface area contributed by atoms with Gasteiger partial charge in [0.05, 0.1) is 12.2 Å². The molecule has 0 radical (unpaired) electrons. The van der Waals surface area contributed by atoms with Crippen LogP contribution < -0.4 is 10.5 Å². The molecule has 5 nitrogen and oxygen atoms in total. The molecule has 1 aromatic rings. The van der Waals surface area contributed by atoms with Crippen LogP contribution >= 0.6 is 11.6 Å². The normalized spacial score (nSPS) is 19.5. The van der Waals surface area contributed by atoms with E-state index in [0.717, 1.165) is 19.4 Å². The number of carbonyl (C=O) groups is 1. The van der Waals surface area contributed by atoms with Crippen LogP contribution in [0.25, 0.3) is 0 Å². The van der Waals surface area contributed by atoms with Crippen molar-refractivity contribution < 1.29 is 14.3 Å². The SMILES string of the molecule is COCCOc1ccc(Cl)cc1C(=O)N1CCC[C@@H]([C@H](C)N)C1. The predicted molar refractivity (Wildman–Crippen MR) is 91.1 cm³/mol. The maximum absolute atomic E-state index is 12.9. The first-order valence-corrected chi connectivity index (χ1v) is 8.37. The third-order valence-electron chi connectivity index (χ3n) is 4.21. The standard InChI is InChI=1S/C17H25ClN2O3/c1-12(19)13-4-3-7-20(11-13)17(21)15-10-14(18)5-6-16(15)23-9-8-22-2/h5-6,10,12-13H,3-4,7-9,11,19H2,1-2H3/t12-,13+/m0/s1. The van der Waals surface area contributed by atoms with E-state index in [0.29, 0.717) is 42.0 Å². The van der Waals surface area contributed by atoms with Crippen molar-refractivity contribution in [3.63, 3.8) is 0 Å². The molecule has 1 amide bonds.